The summed E-state index contributed by atoms with van der Waals surface area (Å²) in [7, 11) is 0. The number of aromatic nitrogens is 2. The molecule has 10 heteroatoms. The number of ether oxygens (including phenoxy) is 1. The van der Waals surface area contributed by atoms with Crippen LogP contribution in [0.25, 0.3) is 5.69 Å². The second kappa shape index (κ2) is 6.72. The van der Waals surface area contributed by atoms with E-state index in [9.17, 15) is 22.4 Å². The highest BCUT2D eigenvalue weighted by atomic mass is 79.9. The second-order valence-electron chi connectivity index (χ2n) is 4.98. The van der Waals surface area contributed by atoms with Crippen LogP contribution in [0.4, 0.5) is 17.6 Å². The van der Waals surface area contributed by atoms with Gasteiger partial charge >= 0.3 is 6.18 Å². The molecule has 0 bridgehead atoms. The molecule has 0 aliphatic rings. The molecule has 0 aliphatic heterocycles. The molecule has 2 rings (SSSR count). The molecule has 0 fully saturated rings. The molecule has 130 valence electrons. The fourth-order valence-electron chi connectivity index (χ4n) is 1.85. The molecule has 0 aliphatic carbocycles. The standard InChI is InChI=1S/C14H10BrClF4N2O2/c1-6(2)24-10-4-9(8(17)3-7(10)15)22-12(23)5-11(14(18,19)20)21-13(22)16/h3-6H,1-2H3. The zero-order chi connectivity index (χ0) is 18.2. The highest BCUT2D eigenvalue weighted by molar-refractivity contribution is 9.10. The lowest BCUT2D eigenvalue weighted by molar-refractivity contribution is -0.141. The van der Waals surface area contributed by atoms with Gasteiger partial charge in [0.25, 0.3) is 5.56 Å². The molecule has 0 saturated carbocycles. The predicted molar refractivity (Wildman–Crippen MR) is 83.3 cm³/mol. The fraction of sp³-hybridized carbons (Fsp3) is 0.286. The van der Waals surface area contributed by atoms with Crippen LogP contribution in [0.2, 0.25) is 5.28 Å². The average Bonchev–Trinajstić information content (AvgIpc) is 2.41. The van der Waals surface area contributed by atoms with Crippen molar-refractivity contribution in [2.75, 3.05) is 0 Å². The van der Waals surface area contributed by atoms with Gasteiger partial charge in [0, 0.05) is 12.1 Å². The van der Waals surface area contributed by atoms with Gasteiger partial charge < -0.3 is 4.74 Å². The highest BCUT2D eigenvalue weighted by Crippen LogP contribution is 2.32. The van der Waals surface area contributed by atoms with Gasteiger partial charge in [0.15, 0.2) is 5.69 Å². The van der Waals surface area contributed by atoms with Crippen LogP contribution in [0.1, 0.15) is 19.5 Å². The van der Waals surface area contributed by atoms with Crippen LogP contribution in [-0.2, 0) is 6.18 Å². The Balaban J connectivity index is 2.66. The summed E-state index contributed by atoms with van der Waals surface area (Å²) in [6.45, 7) is 3.46. The summed E-state index contributed by atoms with van der Waals surface area (Å²) in [6, 6.07) is 2.42. The molecule has 2 aromatic rings. The maximum absolute atomic E-state index is 14.2. The van der Waals surface area contributed by atoms with Crippen LogP contribution in [0.3, 0.4) is 0 Å². The Morgan fingerprint density at radius 1 is 1.29 bits per heavy atom. The van der Waals surface area contributed by atoms with Gasteiger partial charge in [0.1, 0.15) is 11.6 Å². The van der Waals surface area contributed by atoms with E-state index >= 15 is 0 Å². The molecule has 24 heavy (non-hydrogen) atoms. The van der Waals surface area contributed by atoms with Gasteiger partial charge in [0.05, 0.1) is 16.3 Å². The number of hydrogen-bond donors (Lipinski definition) is 0. The summed E-state index contributed by atoms with van der Waals surface area (Å²) in [5.74, 6) is -0.687. The maximum Gasteiger partial charge on any atom is 0.433 e. The minimum absolute atomic E-state index is 0.198. The molecular formula is C14H10BrClF4N2O2. The summed E-state index contributed by atoms with van der Waals surface area (Å²) in [6.07, 6.45) is -5.09. The second-order valence-corrected chi connectivity index (χ2v) is 6.17. The van der Waals surface area contributed by atoms with Crippen molar-refractivity contribution < 1.29 is 22.3 Å². The monoisotopic (exact) mass is 428 g/mol. The number of benzene rings is 1. The molecule has 0 unspecified atom stereocenters. The average molecular weight is 430 g/mol. The molecule has 0 spiro atoms. The van der Waals surface area contributed by atoms with Gasteiger partial charge in [-0.1, -0.05) is 0 Å². The summed E-state index contributed by atoms with van der Waals surface area (Å²) >= 11 is 8.79. The van der Waals surface area contributed by atoms with Gasteiger partial charge in [-0.05, 0) is 47.4 Å². The Morgan fingerprint density at radius 2 is 1.92 bits per heavy atom. The summed E-state index contributed by atoms with van der Waals surface area (Å²) in [5, 5.41) is -0.813. The van der Waals surface area contributed by atoms with Gasteiger partial charge in [-0.3, -0.25) is 4.79 Å². The Labute approximate surface area is 147 Å². The van der Waals surface area contributed by atoms with Crippen LogP contribution < -0.4 is 10.3 Å². The van der Waals surface area contributed by atoms with Crippen molar-refractivity contribution in [2.24, 2.45) is 0 Å². The Hall–Kier alpha value is -1.61. The molecule has 0 amide bonds. The minimum Gasteiger partial charge on any atom is -0.490 e. The Kier molecular flexibility index (Phi) is 5.24. The van der Waals surface area contributed by atoms with E-state index in [4.69, 9.17) is 16.3 Å². The van der Waals surface area contributed by atoms with Crippen molar-refractivity contribution in [3.63, 3.8) is 0 Å². The largest absolute Gasteiger partial charge is 0.490 e. The SMILES string of the molecule is CC(C)Oc1cc(-n2c(Cl)nc(C(F)(F)F)cc2=O)c(F)cc1Br. The van der Waals surface area contributed by atoms with E-state index < -0.39 is 28.5 Å². The highest BCUT2D eigenvalue weighted by Gasteiger charge is 2.34. The first-order valence-corrected chi connectivity index (χ1v) is 7.70. The zero-order valence-corrected chi connectivity index (χ0v) is 14.6. The smallest absolute Gasteiger partial charge is 0.433 e. The minimum atomic E-state index is -4.84. The van der Waals surface area contributed by atoms with E-state index in [1.807, 2.05) is 0 Å². The number of rotatable bonds is 3. The lowest BCUT2D eigenvalue weighted by Gasteiger charge is -2.16. The van der Waals surface area contributed by atoms with Crippen LogP contribution in [0.5, 0.6) is 5.75 Å². The summed E-state index contributed by atoms with van der Waals surface area (Å²) in [4.78, 5) is 15.1. The first kappa shape index (κ1) is 18.7. The molecule has 0 atom stereocenters. The molecule has 0 radical (unpaired) electrons. The van der Waals surface area contributed by atoms with Crippen molar-refractivity contribution in [1.29, 1.82) is 0 Å². The molecule has 1 aromatic carbocycles. The lowest BCUT2D eigenvalue weighted by atomic mass is 10.2. The molecule has 1 heterocycles. The first-order chi connectivity index (χ1) is 11.0. The number of alkyl halides is 3. The van der Waals surface area contributed by atoms with E-state index in [0.29, 0.717) is 4.57 Å². The maximum atomic E-state index is 14.2. The van der Waals surface area contributed by atoms with E-state index in [1.54, 1.807) is 13.8 Å². The summed E-state index contributed by atoms with van der Waals surface area (Å²) < 4.78 is 58.4. The van der Waals surface area contributed by atoms with Crippen molar-refractivity contribution in [3.8, 4) is 11.4 Å². The van der Waals surface area contributed by atoms with Gasteiger partial charge in [0.2, 0.25) is 5.28 Å². The molecule has 0 saturated heterocycles. The lowest BCUT2D eigenvalue weighted by Crippen LogP contribution is -2.24. The van der Waals surface area contributed by atoms with Gasteiger partial charge in [-0.2, -0.15) is 13.2 Å². The number of nitrogens with zero attached hydrogens (tertiary/aromatic N) is 2. The Bertz CT molecular complexity index is 837. The van der Waals surface area contributed by atoms with Crippen molar-refractivity contribution in [1.82, 2.24) is 9.55 Å². The van der Waals surface area contributed by atoms with Crippen molar-refractivity contribution in [2.45, 2.75) is 26.1 Å². The van der Waals surface area contributed by atoms with E-state index in [1.165, 1.54) is 0 Å². The molecular weight excluding hydrogens is 420 g/mol. The van der Waals surface area contributed by atoms with Crippen LogP contribution in [0, 0.1) is 5.82 Å². The molecule has 1 aromatic heterocycles. The van der Waals surface area contributed by atoms with Crippen molar-refractivity contribution >= 4 is 27.5 Å². The van der Waals surface area contributed by atoms with Crippen LogP contribution in [-0.4, -0.2) is 15.7 Å². The quantitative estimate of drug-likeness (QED) is 0.529. The topological polar surface area (TPSA) is 44.1 Å². The first-order valence-electron chi connectivity index (χ1n) is 6.53. The predicted octanol–water partition coefficient (Wildman–Crippen LogP) is 4.59. The van der Waals surface area contributed by atoms with E-state index in [-0.39, 0.29) is 28.1 Å². The number of halogens is 6. The third-order valence-electron chi connectivity index (χ3n) is 2.77. The third kappa shape index (κ3) is 3.89. The van der Waals surface area contributed by atoms with Crippen molar-refractivity contribution in [3.05, 3.63) is 49.8 Å². The van der Waals surface area contributed by atoms with Gasteiger partial charge in [-0.25, -0.2) is 13.9 Å². The zero-order valence-electron chi connectivity index (χ0n) is 12.3. The van der Waals surface area contributed by atoms with Crippen LogP contribution >= 0.6 is 27.5 Å². The fourth-order valence-corrected chi connectivity index (χ4v) is 2.53. The van der Waals surface area contributed by atoms with E-state index in [2.05, 4.69) is 20.9 Å². The molecule has 0 N–H and O–H groups in total. The number of hydrogen-bond acceptors (Lipinski definition) is 3. The van der Waals surface area contributed by atoms with E-state index in [0.717, 1.165) is 12.1 Å². The summed E-state index contributed by atoms with van der Waals surface area (Å²) in [5.41, 5.74) is -2.99. The third-order valence-corrected chi connectivity index (χ3v) is 3.65. The van der Waals surface area contributed by atoms with Crippen LogP contribution in [0.15, 0.2) is 27.5 Å². The normalized spacial score (nSPS) is 11.9. The Morgan fingerprint density at radius 3 is 2.42 bits per heavy atom. The molecule has 4 nitrogen and oxygen atoms in total. The van der Waals surface area contributed by atoms with Gasteiger partial charge in [-0.15, -0.1) is 0 Å².